The SMILES string of the molecule is CCCCN(C)c1cnnc(N2CCN(C=O)CC2)n1. The Balaban J connectivity index is 2.00. The molecule has 20 heavy (non-hydrogen) atoms. The first kappa shape index (κ1) is 14.5. The van der Waals surface area contributed by atoms with Crippen molar-refractivity contribution in [1.82, 2.24) is 20.1 Å². The van der Waals surface area contributed by atoms with E-state index in [4.69, 9.17) is 0 Å². The molecule has 110 valence electrons. The van der Waals surface area contributed by atoms with Gasteiger partial charge in [-0.15, -0.1) is 5.10 Å². The lowest BCUT2D eigenvalue weighted by Gasteiger charge is -2.32. The maximum Gasteiger partial charge on any atom is 0.247 e. The van der Waals surface area contributed by atoms with E-state index in [-0.39, 0.29) is 0 Å². The molecule has 0 bridgehead atoms. The van der Waals surface area contributed by atoms with E-state index in [1.54, 1.807) is 11.1 Å². The Morgan fingerprint density at radius 3 is 2.75 bits per heavy atom. The van der Waals surface area contributed by atoms with Gasteiger partial charge in [-0.3, -0.25) is 4.79 Å². The van der Waals surface area contributed by atoms with Crippen LogP contribution in [0, 0.1) is 0 Å². The highest BCUT2D eigenvalue weighted by Gasteiger charge is 2.18. The van der Waals surface area contributed by atoms with Crippen LogP contribution >= 0.6 is 0 Å². The molecule has 0 spiro atoms. The smallest absolute Gasteiger partial charge is 0.247 e. The largest absolute Gasteiger partial charge is 0.358 e. The van der Waals surface area contributed by atoms with Crippen molar-refractivity contribution in [2.24, 2.45) is 0 Å². The topological polar surface area (TPSA) is 65.5 Å². The van der Waals surface area contributed by atoms with Gasteiger partial charge in [0, 0.05) is 39.8 Å². The van der Waals surface area contributed by atoms with Crippen molar-refractivity contribution in [3.63, 3.8) is 0 Å². The molecular weight excluding hydrogens is 256 g/mol. The van der Waals surface area contributed by atoms with Crippen molar-refractivity contribution >= 4 is 18.2 Å². The number of carbonyl (C=O) groups excluding carboxylic acids is 1. The molecule has 0 aliphatic carbocycles. The first-order chi connectivity index (χ1) is 9.74. The number of amides is 1. The van der Waals surface area contributed by atoms with E-state index in [2.05, 4.69) is 31.9 Å². The first-order valence-corrected chi connectivity index (χ1v) is 7.09. The summed E-state index contributed by atoms with van der Waals surface area (Å²) in [5, 5.41) is 8.16. The minimum atomic E-state index is 0.649. The van der Waals surface area contributed by atoms with Crippen molar-refractivity contribution in [2.45, 2.75) is 19.8 Å². The van der Waals surface area contributed by atoms with Gasteiger partial charge in [0.2, 0.25) is 12.4 Å². The fraction of sp³-hybridized carbons (Fsp3) is 0.692. The first-order valence-electron chi connectivity index (χ1n) is 7.09. The van der Waals surface area contributed by atoms with Crippen molar-refractivity contribution in [3.8, 4) is 0 Å². The van der Waals surface area contributed by atoms with E-state index in [0.29, 0.717) is 19.0 Å². The van der Waals surface area contributed by atoms with Crippen LogP contribution in [0.4, 0.5) is 11.8 Å². The summed E-state index contributed by atoms with van der Waals surface area (Å²) < 4.78 is 0. The molecule has 0 atom stereocenters. The van der Waals surface area contributed by atoms with Crippen LogP contribution in [0.5, 0.6) is 0 Å². The molecule has 7 nitrogen and oxygen atoms in total. The number of nitrogens with zero attached hydrogens (tertiary/aromatic N) is 6. The van der Waals surface area contributed by atoms with E-state index in [1.807, 2.05) is 7.05 Å². The van der Waals surface area contributed by atoms with Gasteiger partial charge >= 0.3 is 0 Å². The van der Waals surface area contributed by atoms with Gasteiger partial charge in [0.25, 0.3) is 0 Å². The number of anilines is 2. The van der Waals surface area contributed by atoms with Crippen LogP contribution in [0.2, 0.25) is 0 Å². The van der Waals surface area contributed by atoms with Crippen molar-refractivity contribution in [1.29, 1.82) is 0 Å². The molecule has 7 heteroatoms. The van der Waals surface area contributed by atoms with Crippen molar-refractivity contribution in [3.05, 3.63) is 6.20 Å². The quantitative estimate of drug-likeness (QED) is 0.701. The van der Waals surface area contributed by atoms with Gasteiger partial charge in [0.15, 0.2) is 5.82 Å². The number of hydrogen-bond donors (Lipinski definition) is 0. The monoisotopic (exact) mass is 278 g/mol. The number of unbranched alkanes of at least 4 members (excludes halogenated alkanes) is 1. The van der Waals surface area contributed by atoms with Crippen LogP contribution in [0.15, 0.2) is 6.20 Å². The predicted molar refractivity (Wildman–Crippen MR) is 77.9 cm³/mol. The summed E-state index contributed by atoms with van der Waals surface area (Å²) >= 11 is 0. The number of carbonyl (C=O) groups is 1. The van der Waals surface area contributed by atoms with E-state index < -0.39 is 0 Å². The van der Waals surface area contributed by atoms with Gasteiger partial charge in [-0.05, 0) is 6.42 Å². The zero-order valence-corrected chi connectivity index (χ0v) is 12.2. The second-order valence-electron chi connectivity index (χ2n) is 5.02. The standard InChI is InChI=1S/C13H22N6O/c1-3-4-5-17(2)12-10-14-16-13(15-12)19-8-6-18(11-20)7-9-19/h10-11H,3-9H2,1-2H3. The Kier molecular flexibility index (Phi) is 5.09. The molecule has 0 radical (unpaired) electrons. The summed E-state index contributed by atoms with van der Waals surface area (Å²) in [5.41, 5.74) is 0. The van der Waals surface area contributed by atoms with Crippen LogP contribution in [-0.2, 0) is 4.79 Å². The van der Waals surface area contributed by atoms with Gasteiger partial charge in [-0.1, -0.05) is 13.3 Å². The average molecular weight is 278 g/mol. The molecule has 1 aliphatic rings. The van der Waals surface area contributed by atoms with Gasteiger partial charge in [-0.25, -0.2) is 0 Å². The minimum absolute atomic E-state index is 0.649. The van der Waals surface area contributed by atoms with Crippen molar-refractivity contribution in [2.75, 3.05) is 49.6 Å². The lowest BCUT2D eigenvalue weighted by atomic mass is 10.3. The highest BCUT2D eigenvalue weighted by molar-refractivity contribution is 5.48. The van der Waals surface area contributed by atoms with Crippen LogP contribution in [0.3, 0.4) is 0 Å². The van der Waals surface area contributed by atoms with E-state index in [0.717, 1.165) is 44.7 Å². The van der Waals surface area contributed by atoms with Gasteiger partial charge < -0.3 is 14.7 Å². The normalized spacial score (nSPS) is 15.3. The molecule has 1 aliphatic heterocycles. The summed E-state index contributed by atoms with van der Waals surface area (Å²) in [7, 11) is 2.02. The second-order valence-corrected chi connectivity index (χ2v) is 5.02. The van der Waals surface area contributed by atoms with Gasteiger partial charge in [0.1, 0.15) is 0 Å². The van der Waals surface area contributed by atoms with Crippen LogP contribution in [0.1, 0.15) is 19.8 Å². The molecule has 2 rings (SSSR count). The van der Waals surface area contributed by atoms with Crippen molar-refractivity contribution < 1.29 is 4.79 Å². The molecule has 1 saturated heterocycles. The Hall–Kier alpha value is -1.92. The van der Waals surface area contributed by atoms with Gasteiger partial charge in [-0.2, -0.15) is 10.1 Å². The van der Waals surface area contributed by atoms with E-state index in [9.17, 15) is 4.79 Å². The Bertz CT molecular complexity index is 433. The molecule has 0 saturated carbocycles. The third-order valence-electron chi connectivity index (χ3n) is 3.52. The fourth-order valence-electron chi connectivity index (χ4n) is 2.14. The molecule has 1 aromatic heterocycles. The number of piperazine rings is 1. The summed E-state index contributed by atoms with van der Waals surface area (Å²) in [6, 6.07) is 0. The van der Waals surface area contributed by atoms with E-state index in [1.165, 1.54) is 0 Å². The summed E-state index contributed by atoms with van der Waals surface area (Å²) in [6.07, 6.45) is 4.88. The molecule has 2 heterocycles. The maximum atomic E-state index is 10.7. The Morgan fingerprint density at radius 2 is 2.10 bits per heavy atom. The number of rotatable bonds is 6. The fourth-order valence-corrected chi connectivity index (χ4v) is 2.14. The predicted octanol–water partition coefficient (Wildman–Crippen LogP) is 0.386. The molecule has 0 aromatic carbocycles. The zero-order chi connectivity index (χ0) is 14.4. The molecular formula is C13H22N6O. The average Bonchev–Trinajstić information content (AvgIpc) is 2.52. The summed E-state index contributed by atoms with van der Waals surface area (Å²) in [6.45, 7) is 6.06. The third kappa shape index (κ3) is 3.55. The lowest BCUT2D eigenvalue weighted by Crippen LogP contribution is -2.46. The Morgan fingerprint density at radius 1 is 1.35 bits per heavy atom. The zero-order valence-electron chi connectivity index (χ0n) is 12.2. The molecule has 0 unspecified atom stereocenters. The van der Waals surface area contributed by atoms with Crippen LogP contribution in [-0.4, -0.2) is 66.3 Å². The second kappa shape index (κ2) is 7.02. The molecule has 1 aromatic rings. The lowest BCUT2D eigenvalue weighted by molar-refractivity contribution is -0.118. The van der Waals surface area contributed by atoms with Crippen LogP contribution < -0.4 is 9.80 Å². The van der Waals surface area contributed by atoms with Crippen LogP contribution in [0.25, 0.3) is 0 Å². The molecule has 0 N–H and O–H groups in total. The van der Waals surface area contributed by atoms with E-state index >= 15 is 0 Å². The molecule has 1 fully saturated rings. The summed E-state index contributed by atoms with van der Waals surface area (Å²) in [5.74, 6) is 1.50. The Labute approximate surface area is 119 Å². The number of aromatic nitrogens is 3. The highest BCUT2D eigenvalue weighted by atomic mass is 16.1. The maximum absolute atomic E-state index is 10.7. The van der Waals surface area contributed by atoms with Gasteiger partial charge in [0.05, 0.1) is 6.20 Å². The minimum Gasteiger partial charge on any atom is -0.358 e. The summed E-state index contributed by atoms with van der Waals surface area (Å²) in [4.78, 5) is 21.2. The molecule has 1 amide bonds. The number of hydrogen-bond acceptors (Lipinski definition) is 6. The highest BCUT2D eigenvalue weighted by Crippen LogP contribution is 2.14. The third-order valence-corrected chi connectivity index (χ3v) is 3.52.